The molecular weight excluding hydrogens is 512 g/mol. The van der Waals surface area contributed by atoms with Crippen LogP contribution in [0.15, 0.2) is 17.1 Å². The van der Waals surface area contributed by atoms with E-state index < -0.39 is 83.7 Å². The summed E-state index contributed by atoms with van der Waals surface area (Å²) in [7, 11) is -10.9. The van der Waals surface area contributed by atoms with Gasteiger partial charge in [0.2, 0.25) is 0 Å². The van der Waals surface area contributed by atoms with Gasteiger partial charge >= 0.3 is 21.3 Å². The van der Waals surface area contributed by atoms with Crippen LogP contribution in [0.2, 0.25) is 0 Å². The summed E-state index contributed by atoms with van der Waals surface area (Å²) in [5.41, 5.74) is 4.45. The summed E-state index contributed by atoms with van der Waals surface area (Å²) in [5.74, 6) is -0.111. The molecule has 0 bridgehead atoms. The second kappa shape index (κ2) is 10.3. The summed E-state index contributed by atoms with van der Waals surface area (Å²) in [6.07, 6.45) is -12.6. The van der Waals surface area contributed by atoms with Crippen LogP contribution in [-0.4, -0.2) is 101 Å². The SMILES string of the molecule is Nc1ccn([C@@H]2O[C@H](COP(=O)(O)OP(=O)(O)O[C@H]3OC[C@@H](O)[C@H](O)[C@H]3O)[C@@H](O)[C@H]2O)c(=O)n1. The fourth-order valence-corrected chi connectivity index (χ4v) is 5.23. The highest BCUT2D eigenvalue weighted by atomic mass is 31.3. The maximum atomic E-state index is 12.1. The summed E-state index contributed by atoms with van der Waals surface area (Å²) >= 11 is 0. The molecule has 0 spiro atoms. The van der Waals surface area contributed by atoms with Gasteiger partial charge in [-0.25, -0.2) is 13.9 Å². The first kappa shape index (κ1) is 27.3. The van der Waals surface area contributed by atoms with Gasteiger partial charge in [0.15, 0.2) is 12.5 Å². The molecule has 2 unspecified atom stereocenters. The van der Waals surface area contributed by atoms with Crippen molar-refractivity contribution in [3.8, 4) is 0 Å². The predicted octanol–water partition coefficient (Wildman–Crippen LogP) is -3.87. The van der Waals surface area contributed by atoms with Gasteiger partial charge in [-0.3, -0.25) is 13.6 Å². The van der Waals surface area contributed by atoms with Crippen molar-refractivity contribution in [1.82, 2.24) is 9.55 Å². The minimum atomic E-state index is -5.46. The molecule has 18 nitrogen and oxygen atoms in total. The van der Waals surface area contributed by atoms with Gasteiger partial charge in [-0.15, -0.1) is 0 Å². The van der Waals surface area contributed by atoms with Crippen LogP contribution < -0.4 is 11.4 Å². The van der Waals surface area contributed by atoms with E-state index in [1.807, 2.05) is 0 Å². The maximum absolute atomic E-state index is 12.1. The Bertz CT molecular complexity index is 1020. The van der Waals surface area contributed by atoms with E-state index in [4.69, 9.17) is 15.2 Å². The summed E-state index contributed by atoms with van der Waals surface area (Å²) in [6, 6.07) is 1.22. The van der Waals surface area contributed by atoms with Crippen LogP contribution in [0.4, 0.5) is 5.82 Å². The molecule has 0 radical (unpaired) electrons. The number of hydrogen-bond donors (Lipinski definition) is 8. The zero-order valence-corrected chi connectivity index (χ0v) is 18.7. The zero-order chi connectivity index (χ0) is 25.4. The summed E-state index contributed by atoms with van der Waals surface area (Å²) < 4.78 is 47.9. The fraction of sp³-hybridized carbons (Fsp3) is 0.714. The first-order chi connectivity index (χ1) is 15.7. The molecule has 10 atom stereocenters. The number of ether oxygens (including phenoxy) is 2. The lowest BCUT2D eigenvalue weighted by Crippen LogP contribution is -2.53. The Kier molecular flexibility index (Phi) is 8.28. The lowest BCUT2D eigenvalue weighted by Gasteiger charge is -2.35. The van der Waals surface area contributed by atoms with Crippen LogP contribution in [0.5, 0.6) is 0 Å². The third-order valence-electron chi connectivity index (χ3n) is 4.76. The van der Waals surface area contributed by atoms with Crippen LogP contribution in [0.1, 0.15) is 6.23 Å². The molecule has 0 amide bonds. The molecule has 194 valence electrons. The van der Waals surface area contributed by atoms with Crippen LogP contribution in [0.3, 0.4) is 0 Å². The normalized spacial score (nSPS) is 37.7. The number of anilines is 1. The zero-order valence-electron chi connectivity index (χ0n) is 17.0. The van der Waals surface area contributed by atoms with E-state index in [1.165, 1.54) is 6.07 Å². The molecule has 0 saturated carbocycles. The number of nitrogens with two attached hydrogens (primary N) is 1. The van der Waals surface area contributed by atoms with Gasteiger partial charge in [0, 0.05) is 6.20 Å². The number of nitrogens with zero attached hydrogens (tertiary/aromatic N) is 2. The molecule has 20 heteroatoms. The minimum Gasteiger partial charge on any atom is -0.388 e. The Balaban J connectivity index is 1.59. The molecule has 1 aromatic rings. The van der Waals surface area contributed by atoms with Crippen molar-refractivity contribution in [1.29, 1.82) is 0 Å². The van der Waals surface area contributed by atoms with E-state index in [1.54, 1.807) is 0 Å². The van der Waals surface area contributed by atoms with Crippen molar-refractivity contribution in [3.63, 3.8) is 0 Å². The van der Waals surface area contributed by atoms with Crippen LogP contribution in [0, 0.1) is 0 Å². The van der Waals surface area contributed by atoms with Crippen LogP contribution in [-0.2, 0) is 32.0 Å². The van der Waals surface area contributed by atoms with E-state index in [0.29, 0.717) is 0 Å². The molecule has 2 fully saturated rings. The number of nitrogen functional groups attached to an aromatic ring is 1. The highest BCUT2D eigenvalue weighted by Crippen LogP contribution is 2.61. The average Bonchev–Trinajstić information content (AvgIpc) is 3.00. The fourth-order valence-electron chi connectivity index (χ4n) is 3.06. The predicted molar refractivity (Wildman–Crippen MR) is 104 cm³/mol. The van der Waals surface area contributed by atoms with Gasteiger partial charge in [-0.2, -0.15) is 9.29 Å². The smallest absolute Gasteiger partial charge is 0.388 e. The summed E-state index contributed by atoms with van der Waals surface area (Å²) in [5, 5.41) is 48.9. The molecule has 1 aromatic heterocycles. The van der Waals surface area contributed by atoms with Gasteiger partial charge < -0.3 is 50.5 Å². The van der Waals surface area contributed by atoms with Crippen molar-refractivity contribution in [3.05, 3.63) is 22.7 Å². The van der Waals surface area contributed by atoms with Crippen LogP contribution in [0.25, 0.3) is 0 Å². The van der Waals surface area contributed by atoms with Gasteiger partial charge in [-0.1, -0.05) is 0 Å². The van der Waals surface area contributed by atoms with E-state index in [-0.39, 0.29) is 5.82 Å². The molecule has 34 heavy (non-hydrogen) atoms. The molecule has 3 heterocycles. The Morgan fingerprint density at radius 1 is 1.09 bits per heavy atom. The van der Waals surface area contributed by atoms with Gasteiger partial charge in [0.25, 0.3) is 0 Å². The van der Waals surface area contributed by atoms with E-state index in [2.05, 4.69) is 18.3 Å². The van der Waals surface area contributed by atoms with Crippen molar-refractivity contribution < 1.29 is 67.3 Å². The quantitative estimate of drug-likeness (QED) is 0.148. The Hall–Kier alpha value is -1.34. The lowest BCUT2D eigenvalue weighted by molar-refractivity contribution is -0.245. The maximum Gasteiger partial charge on any atom is 0.483 e. The van der Waals surface area contributed by atoms with Crippen molar-refractivity contribution in [2.45, 2.75) is 49.1 Å². The Morgan fingerprint density at radius 2 is 1.76 bits per heavy atom. The van der Waals surface area contributed by atoms with E-state index in [9.17, 15) is 49.2 Å². The summed E-state index contributed by atoms with van der Waals surface area (Å²) in [6.45, 7) is -1.56. The topological polar surface area (TPSA) is 283 Å². The second-order valence-electron chi connectivity index (χ2n) is 7.26. The molecule has 2 aliphatic heterocycles. The Morgan fingerprint density at radius 3 is 2.41 bits per heavy atom. The molecular formula is C14H23N3O15P2. The second-order valence-corrected chi connectivity index (χ2v) is 10.3. The number of aliphatic hydroxyl groups is 5. The number of phosphoric acid groups is 2. The number of rotatable bonds is 8. The third kappa shape index (κ3) is 6.26. The number of hydrogen-bond acceptors (Lipinski definition) is 15. The molecule has 2 aliphatic rings. The molecule has 2 saturated heterocycles. The number of phosphoric ester groups is 2. The van der Waals surface area contributed by atoms with Crippen LogP contribution >= 0.6 is 15.6 Å². The van der Waals surface area contributed by atoms with Gasteiger partial charge in [-0.05, 0) is 6.07 Å². The largest absolute Gasteiger partial charge is 0.483 e. The highest BCUT2D eigenvalue weighted by molar-refractivity contribution is 7.61. The van der Waals surface area contributed by atoms with Gasteiger partial charge in [0.1, 0.15) is 42.4 Å². The lowest BCUT2D eigenvalue weighted by atomic mass is 10.1. The standard InChI is InChI=1S/C14H23N3O15P2/c15-7-1-2-17(14(23)16-7)12-10(21)9(20)6(30-12)4-29-33(24,25)32-34(26,27)31-13-11(22)8(19)5(18)3-28-13/h1-2,5-6,8-13,18-22H,3-4H2,(H,24,25)(H,26,27)(H2,15,16,23)/t5-,6-,8+,9-,10-,11-,12-,13-/m1/s1. The number of aromatic nitrogens is 2. The minimum absolute atomic E-state index is 0.111. The van der Waals surface area contributed by atoms with Crippen molar-refractivity contribution in [2.24, 2.45) is 0 Å². The van der Waals surface area contributed by atoms with Gasteiger partial charge in [0.05, 0.1) is 13.2 Å². The third-order valence-corrected chi connectivity index (χ3v) is 7.36. The first-order valence-corrected chi connectivity index (χ1v) is 12.4. The monoisotopic (exact) mass is 535 g/mol. The van der Waals surface area contributed by atoms with E-state index >= 15 is 0 Å². The van der Waals surface area contributed by atoms with E-state index in [0.717, 1.165) is 10.8 Å². The molecule has 0 aromatic carbocycles. The number of aliphatic hydroxyl groups excluding tert-OH is 5. The average molecular weight is 535 g/mol. The molecule has 0 aliphatic carbocycles. The molecule has 9 N–H and O–H groups in total. The highest BCUT2D eigenvalue weighted by Gasteiger charge is 2.47. The first-order valence-electron chi connectivity index (χ1n) is 9.43. The summed E-state index contributed by atoms with van der Waals surface area (Å²) in [4.78, 5) is 34.8. The molecule has 3 rings (SSSR count). The van der Waals surface area contributed by atoms with Crippen molar-refractivity contribution >= 4 is 21.5 Å². The van der Waals surface area contributed by atoms with Crippen molar-refractivity contribution in [2.75, 3.05) is 18.9 Å². The Labute approximate surface area is 189 Å².